The molecule has 0 radical (unpaired) electrons. The Morgan fingerprint density at radius 1 is 1.21 bits per heavy atom. The van der Waals surface area contributed by atoms with E-state index in [4.69, 9.17) is 13.6 Å². The Balaban J connectivity index is 2.56. The molecule has 1 fully saturated rings. The molecule has 0 atom stereocenters. The van der Waals surface area contributed by atoms with Crippen molar-refractivity contribution in [3.05, 3.63) is 0 Å². The molecule has 0 saturated heterocycles. The van der Waals surface area contributed by atoms with Crippen molar-refractivity contribution in [2.24, 2.45) is 11.1 Å². The van der Waals surface area contributed by atoms with Gasteiger partial charge in [0.15, 0.2) is 0 Å². The smallest absolute Gasteiger partial charge is 0.337 e. The highest BCUT2D eigenvalue weighted by atomic mass is 31.2. The third-order valence-electron chi connectivity index (χ3n) is 5.13. The third-order valence-corrected chi connectivity index (χ3v) is 11.1. The normalized spacial score (nSPS) is 20.0. The molecule has 8 heteroatoms. The second-order valence-corrected chi connectivity index (χ2v) is 14.9. The van der Waals surface area contributed by atoms with Gasteiger partial charge in [0.05, 0.1) is 5.71 Å². The minimum Gasteiger partial charge on any atom is -0.455 e. The summed E-state index contributed by atoms with van der Waals surface area (Å²) < 4.78 is 27.7. The fraction of sp³-hybridized carbons (Fsp3) is 0.875. The lowest BCUT2D eigenvalue weighted by Gasteiger charge is -2.33. The number of oxime groups is 1. The first kappa shape index (κ1) is 21.5. The van der Waals surface area contributed by atoms with E-state index in [1.165, 1.54) is 14.2 Å². The van der Waals surface area contributed by atoms with Gasteiger partial charge in [0, 0.05) is 20.1 Å². The van der Waals surface area contributed by atoms with E-state index in [1.54, 1.807) is 0 Å². The average Bonchev–Trinajstić information content (AvgIpc) is 2.52. The highest BCUT2D eigenvalue weighted by Gasteiger charge is 2.40. The van der Waals surface area contributed by atoms with Crippen LogP contribution in [-0.2, 0) is 22.9 Å². The van der Waals surface area contributed by atoms with Crippen molar-refractivity contribution in [3.63, 3.8) is 0 Å². The van der Waals surface area contributed by atoms with Crippen LogP contribution in [0.5, 0.6) is 0 Å². The SMILES string of the molecule is COP(=O)(CC(=O)C1CCC(=NO[Si](C)(C)C(C)(C)C)CC1)OC. The molecule has 0 unspecified atom stereocenters. The van der Waals surface area contributed by atoms with Gasteiger partial charge >= 0.3 is 7.60 Å². The highest BCUT2D eigenvalue weighted by molar-refractivity contribution is 7.54. The number of nitrogens with zero attached hydrogens (tertiary/aromatic N) is 1. The molecule has 140 valence electrons. The zero-order valence-corrected chi connectivity index (χ0v) is 17.9. The number of Topliss-reactive ketones (excluding diaryl/α,β-unsaturated/α-hetero) is 1. The van der Waals surface area contributed by atoms with Crippen LogP contribution in [-0.4, -0.2) is 40.2 Å². The molecular weight excluding hydrogens is 345 g/mol. The topological polar surface area (TPSA) is 74.2 Å². The predicted octanol–water partition coefficient (Wildman–Crippen LogP) is 4.61. The molecule has 1 aliphatic rings. The van der Waals surface area contributed by atoms with Crippen molar-refractivity contribution < 1.29 is 22.9 Å². The quantitative estimate of drug-likeness (QED) is 0.368. The van der Waals surface area contributed by atoms with Crippen LogP contribution in [0.2, 0.25) is 18.1 Å². The van der Waals surface area contributed by atoms with E-state index < -0.39 is 15.9 Å². The Bertz CT molecular complexity index is 509. The van der Waals surface area contributed by atoms with Gasteiger partial charge in [-0.3, -0.25) is 9.36 Å². The minimum atomic E-state index is -3.27. The Morgan fingerprint density at radius 3 is 2.12 bits per heavy atom. The predicted molar refractivity (Wildman–Crippen MR) is 99.2 cm³/mol. The van der Waals surface area contributed by atoms with Gasteiger partial charge in [0.25, 0.3) is 8.32 Å². The second-order valence-electron chi connectivity index (χ2n) is 7.88. The maximum atomic E-state index is 12.3. The van der Waals surface area contributed by atoms with E-state index in [0.717, 1.165) is 18.6 Å². The van der Waals surface area contributed by atoms with Crippen LogP contribution in [0.15, 0.2) is 5.16 Å². The maximum Gasteiger partial charge on any atom is 0.337 e. The zero-order valence-electron chi connectivity index (χ0n) is 16.0. The lowest BCUT2D eigenvalue weighted by Crippen LogP contribution is -2.39. The highest BCUT2D eigenvalue weighted by Crippen LogP contribution is 2.47. The van der Waals surface area contributed by atoms with Crippen molar-refractivity contribution in [2.45, 2.75) is 64.6 Å². The maximum absolute atomic E-state index is 12.3. The van der Waals surface area contributed by atoms with Crippen molar-refractivity contribution in [3.8, 4) is 0 Å². The second kappa shape index (κ2) is 8.26. The molecule has 0 heterocycles. The average molecular weight is 377 g/mol. The van der Waals surface area contributed by atoms with Crippen LogP contribution in [0.3, 0.4) is 0 Å². The Morgan fingerprint density at radius 2 is 1.71 bits per heavy atom. The van der Waals surface area contributed by atoms with Crippen LogP contribution in [0.1, 0.15) is 46.5 Å². The third kappa shape index (κ3) is 5.79. The van der Waals surface area contributed by atoms with Crippen molar-refractivity contribution in [1.82, 2.24) is 0 Å². The monoisotopic (exact) mass is 377 g/mol. The van der Waals surface area contributed by atoms with Gasteiger partial charge in [-0.25, -0.2) is 0 Å². The lowest BCUT2D eigenvalue weighted by molar-refractivity contribution is -0.121. The summed E-state index contributed by atoms with van der Waals surface area (Å²) in [5, 5.41) is 4.50. The molecule has 0 aromatic carbocycles. The molecule has 0 bridgehead atoms. The molecule has 24 heavy (non-hydrogen) atoms. The van der Waals surface area contributed by atoms with Crippen LogP contribution in [0.4, 0.5) is 0 Å². The first-order valence-corrected chi connectivity index (χ1v) is 13.0. The van der Waals surface area contributed by atoms with Gasteiger partial charge in [-0.05, 0) is 43.8 Å². The van der Waals surface area contributed by atoms with E-state index >= 15 is 0 Å². The van der Waals surface area contributed by atoms with Crippen molar-refractivity contribution >= 4 is 27.4 Å². The van der Waals surface area contributed by atoms with Gasteiger partial charge < -0.3 is 13.6 Å². The van der Waals surface area contributed by atoms with Crippen LogP contribution < -0.4 is 0 Å². The van der Waals surface area contributed by atoms with Gasteiger partial charge in [-0.2, -0.15) is 0 Å². The van der Waals surface area contributed by atoms with Crippen molar-refractivity contribution in [1.29, 1.82) is 0 Å². The number of rotatable bonds is 7. The summed E-state index contributed by atoms with van der Waals surface area (Å²) in [7, 11) is -2.55. The number of ketones is 1. The van der Waals surface area contributed by atoms with Crippen molar-refractivity contribution in [2.75, 3.05) is 20.4 Å². The summed E-state index contributed by atoms with van der Waals surface area (Å²) in [5.74, 6) is -0.151. The summed E-state index contributed by atoms with van der Waals surface area (Å²) in [6.07, 6.45) is 2.76. The molecule has 1 saturated carbocycles. The summed E-state index contributed by atoms with van der Waals surface area (Å²) in [6.45, 7) is 10.9. The summed E-state index contributed by atoms with van der Waals surface area (Å²) in [6, 6.07) is 0. The molecule has 6 nitrogen and oxygen atoms in total. The molecule has 1 aliphatic carbocycles. The Labute approximate surface area is 147 Å². The lowest BCUT2D eigenvalue weighted by atomic mass is 9.85. The molecule has 1 rings (SSSR count). The fourth-order valence-electron chi connectivity index (χ4n) is 2.20. The first-order valence-electron chi connectivity index (χ1n) is 8.41. The summed E-state index contributed by atoms with van der Waals surface area (Å²) >= 11 is 0. The number of carbonyl (C=O) groups excluding carboxylic acids is 1. The molecule has 0 aromatic rings. The van der Waals surface area contributed by atoms with Crippen LogP contribution in [0.25, 0.3) is 0 Å². The first-order chi connectivity index (χ1) is 10.9. The molecule has 0 N–H and O–H groups in total. The van der Waals surface area contributed by atoms with Gasteiger partial charge in [-0.15, -0.1) is 5.16 Å². The van der Waals surface area contributed by atoms with E-state index in [1.807, 2.05) is 0 Å². The van der Waals surface area contributed by atoms with Gasteiger partial charge in [0.2, 0.25) is 0 Å². The summed E-state index contributed by atoms with van der Waals surface area (Å²) in [4.78, 5) is 12.3. The Hall–Kier alpha value is -0.493. The molecule has 0 aromatic heterocycles. The number of hydrogen-bond donors (Lipinski definition) is 0. The zero-order chi connectivity index (χ0) is 18.6. The summed E-state index contributed by atoms with van der Waals surface area (Å²) in [5.41, 5.74) is 1.02. The molecule has 0 aliphatic heterocycles. The molecule has 0 amide bonds. The van der Waals surface area contributed by atoms with Gasteiger partial charge in [-0.1, -0.05) is 20.8 Å². The van der Waals surface area contributed by atoms with Crippen LogP contribution >= 0.6 is 7.60 Å². The molecule has 0 spiro atoms. The standard InChI is InChI=1S/C16H32NO5PSi/c1-16(2,3)24(6,7)22-17-14-10-8-13(9-11-14)15(18)12-23(19,20-4)21-5/h13H,8-12H2,1-7H3. The van der Waals surface area contributed by atoms with Crippen LogP contribution in [0, 0.1) is 5.92 Å². The Kier molecular flexibility index (Phi) is 7.41. The van der Waals surface area contributed by atoms with E-state index in [-0.39, 0.29) is 22.9 Å². The minimum absolute atomic E-state index is 0.0496. The van der Waals surface area contributed by atoms with E-state index in [9.17, 15) is 9.36 Å². The molecular formula is C16H32NO5PSi. The number of carbonyl (C=O) groups is 1. The van der Waals surface area contributed by atoms with E-state index in [2.05, 4.69) is 39.0 Å². The van der Waals surface area contributed by atoms with E-state index in [0.29, 0.717) is 12.8 Å². The largest absolute Gasteiger partial charge is 0.455 e. The van der Waals surface area contributed by atoms with Gasteiger partial charge in [0.1, 0.15) is 11.9 Å². The number of hydrogen-bond acceptors (Lipinski definition) is 6. The fourth-order valence-corrected chi connectivity index (χ4v) is 3.88.